The molecule has 1 aromatic heterocycles. The Morgan fingerprint density at radius 3 is 1.55 bits per heavy atom. The first-order chi connectivity index (χ1) is 18.7. The molecule has 1 nitrogen and oxygen atoms in total. The van der Waals surface area contributed by atoms with E-state index in [1.54, 1.807) is 0 Å². The van der Waals surface area contributed by atoms with Gasteiger partial charge in [-0.2, -0.15) is 0 Å². The summed E-state index contributed by atoms with van der Waals surface area (Å²) in [6, 6.07) is 52.7. The first kappa shape index (κ1) is 22.3. The normalized spacial score (nSPS) is 11.3. The average molecular weight is 486 g/mol. The van der Waals surface area contributed by atoms with Crippen LogP contribution in [0.1, 0.15) is 5.56 Å². The van der Waals surface area contributed by atoms with Crippen molar-refractivity contribution >= 4 is 21.8 Å². The lowest BCUT2D eigenvalue weighted by Crippen LogP contribution is -1.96. The van der Waals surface area contributed by atoms with E-state index in [-0.39, 0.29) is 0 Å². The van der Waals surface area contributed by atoms with Gasteiger partial charge in [0.05, 0.1) is 11.0 Å². The van der Waals surface area contributed by atoms with Crippen molar-refractivity contribution in [3.8, 4) is 39.1 Å². The lowest BCUT2D eigenvalue weighted by atomic mass is 9.98. The van der Waals surface area contributed by atoms with E-state index in [0.717, 1.165) is 0 Å². The molecular weight excluding hydrogens is 458 g/mol. The molecule has 0 fully saturated rings. The maximum Gasteiger partial charge on any atom is 0.0541 e. The van der Waals surface area contributed by atoms with Crippen molar-refractivity contribution in [1.29, 1.82) is 0 Å². The number of benzene rings is 6. The number of fused-ring (bicyclic) bond motifs is 3. The summed E-state index contributed by atoms with van der Waals surface area (Å²) in [5, 5.41) is 2.54. The SMILES string of the molecule is Cc1ccc(-c2ccc3c(c2)c2ccccc2n3-c2cc(-c3ccccc3)cc(-c3ccccc3)c2)cc1. The van der Waals surface area contributed by atoms with E-state index >= 15 is 0 Å². The lowest BCUT2D eigenvalue weighted by molar-refractivity contribution is 1.18. The minimum Gasteiger partial charge on any atom is -0.309 e. The summed E-state index contributed by atoms with van der Waals surface area (Å²) in [5.74, 6) is 0. The smallest absolute Gasteiger partial charge is 0.0541 e. The van der Waals surface area contributed by atoms with E-state index in [1.807, 2.05) is 0 Å². The van der Waals surface area contributed by atoms with E-state index in [2.05, 4.69) is 157 Å². The predicted octanol–water partition coefficient (Wildman–Crippen LogP) is 10.1. The largest absolute Gasteiger partial charge is 0.309 e. The van der Waals surface area contributed by atoms with Gasteiger partial charge < -0.3 is 4.57 Å². The van der Waals surface area contributed by atoms with Crippen molar-refractivity contribution in [2.45, 2.75) is 6.92 Å². The molecule has 1 heterocycles. The monoisotopic (exact) mass is 485 g/mol. The molecule has 0 saturated heterocycles. The van der Waals surface area contributed by atoms with Gasteiger partial charge in [-0.15, -0.1) is 0 Å². The second-order valence-corrected chi connectivity index (χ2v) is 9.95. The molecule has 6 aromatic carbocycles. The summed E-state index contributed by atoms with van der Waals surface area (Å²) in [6.07, 6.45) is 0. The Balaban J connectivity index is 1.50. The van der Waals surface area contributed by atoms with Gasteiger partial charge in [-0.05, 0) is 76.7 Å². The summed E-state index contributed by atoms with van der Waals surface area (Å²) < 4.78 is 2.42. The van der Waals surface area contributed by atoms with Crippen molar-refractivity contribution in [1.82, 2.24) is 4.57 Å². The lowest BCUT2D eigenvalue weighted by Gasteiger charge is -2.14. The minimum absolute atomic E-state index is 1.17. The fraction of sp³-hybridized carbons (Fsp3) is 0.0270. The highest BCUT2D eigenvalue weighted by Crippen LogP contribution is 2.37. The van der Waals surface area contributed by atoms with Crippen molar-refractivity contribution in [2.24, 2.45) is 0 Å². The zero-order chi connectivity index (χ0) is 25.5. The Morgan fingerprint density at radius 1 is 0.368 bits per heavy atom. The Bertz CT molecular complexity index is 1840. The van der Waals surface area contributed by atoms with Crippen LogP contribution in [0.3, 0.4) is 0 Å². The molecule has 0 N–H and O–H groups in total. The summed E-state index contributed by atoms with van der Waals surface area (Å²) in [4.78, 5) is 0. The van der Waals surface area contributed by atoms with Gasteiger partial charge in [0.25, 0.3) is 0 Å². The van der Waals surface area contributed by atoms with E-state index in [4.69, 9.17) is 0 Å². The van der Waals surface area contributed by atoms with Crippen LogP contribution in [0.15, 0.2) is 146 Å². The molecule has 180 valence electrons. The first-order valence-electron chi connectivity index (χ1n) is 13.1. The zero-order valence-electron chi connectivity index (χ0n) is 21.3. The molecule has 0 unspecified atom stereocenters. The van der Waals surface area contributed by atoms with Crippen molar-refractivity contribution < 1.29 is 0 Å². The maximum atomic E-state index is 2.42. The second-order valence-electron chi connectivity index (χ2n) is 9.95. The standard InChI is InChI=1S/C37H27N/c1-26-16-18-29(19-17-26)30-20-21-37-35(25-30)34-14-8-9-15-36(34)38(37)33-23-31(27-10-4-2-5-11-27)22-32(24-33)28-12-6-3-7-13-28/h2-25H,1H3. The number of aromatic nitrogens is 1. The molecule has 0 saturated carbocycles. The van der Waals surface area contributed by atoms with Gasteiger partial charge >= 0.3 is 0 Å². The molecule has 7 rings (SSSR count). The Labute approximate surface area is 223 Å². The number of hydrogen-bond donors (Lipinski definition) is 0. The van der Waals surface area contributed by atoms with Crippen LogP contribution in [0.5, 0.6) is 0 Å². The molecular formula is C37H27N. The maximum absolute atomic E-state index is 2.42. The third kappa shape index (κ3) is 3.90. The molecule has 0 bridgehead atoms. The van der Waals surface area contributed by atoms with Gasteiger partial charge in [0.1, 0.15) is 0 Å². The molecule has 0 aliphatic rings. The second kappa shape index (κ2) is 9.21. The molecule has 0 spiro atoms. The zero-order valence-corrected chi connectivity index (χ0v) is 21.3. The predicted molar refractivity (Wildman–Crippen MR) is 162 cm³/mol. The highest BCUT2D eigenvalue weighted by molar-refractivity contribution is 6.10. The molecule has 0 amide bonds. The summed E-state index contributed by atoms with van der Waals surface area (Å²) >= 11 is 0. The first-order valence-corrected chi connectivity index (χ1v) is 13.1. The topological polar surface area (TPSA) is 4.93 Å². The minimum atomic E-state index is 1.17. The van der Waals surface area contributed by atoms with Gasteiger partial charge in [0, 0.05) is 16.5 Å². The summed E-state index contributed by atoms with van der Waals surface area (Å²) in [7, 11) is 0. The molecule has 0 radical (unpaired) electrons. The van der Waals surface area contributed by atoms with E-state index < -0.39 is 0 Å². The van der Waals surface area contributed by atoms with Gasteiger partial charge in [-0.1, -0.05) is 115 Å². The van der Waals surface area contributed by atoms with Crippen LogP contribution in [-0.4, -0.2) is 4.57 Å². The third-order valence-corrected chi connectivity index (χ3v) is 7.45. The van der Waals surface area contributed by atoms with Crippen LogP contribution in [0, 0.1) is 6.92 Å². The molecule has 7 aromatic rings. The molecule has 38 heavy (non-hydrogen) atoms. The van der Waals surface area contributed by atoms with Crippen LogP contribution in [0.25, 0.3) is 60.9 Å². The molecule has 0 atom stereocenters. The number of nitrogens with zero attached hydrogens (tertiary/aromatic N) is 1. The third-order valence-electron chi connectivity index (χ3n) is 7.45. The molecule has 0 aliphatic heterocycles. The van der Waals surface area contributed by atoms with E-state index in [0.29, 0.717) is 0 Å². The van der Waals surface area contributed by atoms with Gasteiger partial charge in [0.15, 0.2) is 0 Å². The van der Waals surface area contributed by atoms with Crippen molar-refractivity contribution in [3.05, 3.63) is 151 Å². The average Bonchev–Trinajstić information content (AvgIpc) is 3.32. The van der Waals surface area contributed by atoms with Crippen molar-refractivity contribution in [3.63, 3.8) is 0 Å². The number of aryl methyl sites for hydroxylation is 1. The van der Waals surface area contributed by atoms with Crippen LogP contribution in [-0.2, 0) is 0 Å². The Hall–Kier alpha value is -4.88. The van der Waals surface area contributed by atoms with E-state index in [9.17, 15) is 0 Å². The molecule has 0 aliphatic carbocycles. The number of para-hydroxylation sites is 1. The fourth-order valence-corrected chi connectivity index (χ4v) is 5.51. The van der Waals surface area contributed by atoms with Crippen molar-refractivity contribution in [2.75, 3.05) is 0 Å². The van der Waals surface area contributed by atoms with Crippen LogP contribution >= 0.6 is 0 Å². The Kier molecular flexibility index (Phi) is 5.41. The quantitative estimate of drug-likeness (QED) is 0.234. The van der Waals surface area contributed by atoms with Gasteiger partial charge in [0.2, 0.25) is 0 Å². The van der Waals surface area contributed by atoms with Crippen LogP contribution in [0.4, 0.5) is 0 Å². The van der Waals surface area contributed by atoms with Crippen LogP contribution in [0.2, 0.25) is 0 Å². The van der Waals surface area contributed by atoms with Crippen LogP contribution < -0.4 is 0 Å². The van der Waals surface area contributed by atoms with E-state index in [1.165, 1.54) is 66.4 Å². The van der Waals surface area contributed by atoms with Gasteiger partial charge in [-0.3, -0.25) is 0 Å². The highest BCUT2D eigenvalue weighted by atomic mass is 15.0. The fourth-order valence-electron chi connectivity index (χ4n) is 5.51. The number of hydrogen-bond acceptors (Lipinski definition) is 0. The van der Waals surface area contributed by atoms with Gasteiger partial charge in [-0.25, -0.2) is 0 Å². The molecule has 1 heteroatoms. The summed E-state index contributed by atoms with van der Waals surface area (Å²) in [6.45, 7) is 2.13. The number of rotatable bonds is 4. The Morgan fingerprint density at radius 2 is 0.895 bits per heavy atom. The summed E-state index contributed by atoms with van der Waals surface area (Å²) in [5.41, 5.74) is 12.2. The highest BCUT2D eigenvalue weighted by Gasteiger charge is 2.15.